The fourth-order valence-corrected chi connectivity index (χ4v) is 2.40. The first kappa shape index (κ1) is 23.4. The highest BCUT2D eigenvalue weighted by Crippen LogP contribution is 2.20. The predicted molar refractivity (Wildman–Crippen MR) is 111 cm³/mol. The summed E-state index contributed by atoms with van der Waals surface area (Å²) in [4.78, 5) is 24.5. The number of likely N-dealkylation sites (N-methyl/N-ethyl adjacent to an activating group) is 1. The maximum atomic E-state index is 12.1. The number of aliphatic hydroxyl groups is 1. The van der Waals surface area contributed by atoms with Crippen molar-refractivity contribution >= 4 is 46.6 Å². The van der Waals surface area contributed by atoms with Crippen molar-refractivity contribution < 1.29 is 19.1 Å². The van der Waals surface area contributed by atoms with Crippen molar-refractivity contribution in [1.82, 2.24) is 4.90 Å². The standard InChI is InChI=1S/C12H14N2O3S2.C6H8O/c1-8-3-4-9(17-8)5-10(19-7-18)12(16)14(2)6-11(13)15;1-3-5-6(7)4-2/h3-5,7H,6H2,1-2H3,(H2,13,15);3-5,7H,1-2H2/b10-5+;6-5+. The molecule has 1 aromatic rings. The Hall–Kier alpha value is -2.58. The molecule has 140 valence electrons. The zero-order valence-corrected chi connectivity index (χ0v) is 16.3. The van der Waals surface area contributed by atoms with Crippen LogP contribution in [-0.2, 0) is 9.59 Å². The third-order valence-electron chi connectivity index (χ3n) is 2.66. The number of thiocarbonyl (C=S) groups is 1. The number of nitrogens with zero attached hydrogens (tertiary/aromatic N) is 1. The van der Waals surface area contributed by atoms with Crippen LogP contribution in [0.2, 0.25) is 0 Å². The van der Waals surface area contributed by atoms with Gasteiger partial charge in [0.15, 0.2) is 0 Å². The number of carbonyl (C=O) groups excluding carboxylic acids is 2. The Labute approximate surface area is 162 Å². The van der Waals surface area contributed by atoms with Gasteiger partial charge in [0.1, 0.15) is 17.3 Å². The molecule has 0 spiro atoms. The van der Waals surface area contributed by atoms with E-state index in [-0.39, 0.29) is 18.2 Å². The summed E-state index contributed by atoms with van der Waals surface area (Å²) in [5.74, 6) is 0.541. The number of furan rings is 1. The van der Waals surface area contributed by atoms with Gasteiger partial charge in [-0.1, -0.05) is 43.2 Å². The number of primary amides is 1. The van der Waals surface area contributed by atoms with Gasteiger partial charge in [0, 0.05) is 17.8 Å². The average molecular weight is 395 g/mol. The van der Waals surface area contributed by atoms with E-state index in [1.807, 2.05) is 6.92 Å². The van der Waals surface area contributed by atoms with E-state index < -0.39 is 5.91 Å². The molecule has 1 rings (SSSR count). The highest BCUT2D eigenvalue weighted by atomic mass is 32.2. The van der Waals surface area contributed by atoms with Crippen molar-refractivity contribution in [2.24, 2.45) is 5.73 Å². The van der Waals surface area contributed by atoms with Crippen molar-refractivity contribution in [3.8, 4) is 0 Å². The highest BCUT2D eigenvalue weighted by molar-refractivity contribution is 8.24. The Morgan fingerprint density at radius 3 is 2.46 bits per heavy atom. The van der Waals surface area contributed by atoms with E-state index in [9.17, 15) is 9.59 Å². The summed E-state index contributed by atoms with van der Waals surface area (Å²) in [7, 11) is 1.50. The minimum absolute atomic E-state index is 0.147. The summed E-state index contributed by atoms with van der Waals surface area (Å²) in [6.45, 7) is 8.34. The summed E-state index contributed by atoms with van der Waals surface area (Å²) in [6.07, 6.45) is 5.89. The van der Waals surface area contributed by atoms with E-state index in [4.69, 9.17) is 27.5 Å². The van der Waals surface area contributed by atoms with Gasteiger partial charge in [-0.3, -0.25) is 9.59 Å². The lowest BCUT2D eigenvalue weighted by atomic mass is 10.3. The minimum Gasteiger partial charge on any atom is -0.508 e. The summed E-state index contributed by atoms with van der Waals surface area (Å²) >= 11 is 5.84. The van der Waals surface area contributed by atoms with Crippen LogP contribution in [0.25, 0.3) is 6.08 Å². The molecule has 0 fully saturated rings. The Bertz CT molecular complexity index is 721. The number of amides is 2. The van der Waals surface area contributed by atoms with Crippen LogP contribution < -0.4 is 5.73 Å². The van der Waals surface area contributed by atoms with Gasteiger partial charge in [0.2, 0.25) is 5.91 Å². The fraction of sp³-hybridized carbons (Fsp3) is 0.167. The lowest BCUT2D eigenvalue weighted by Gasteiger charge is -2.15. The smallest absolute Gasteiger partial charge is 0.260 e. The van der Waals surface area contributed by atoms with Crippen LogP contribution in [-0.4, -0.2) is 40.1 Å². The van der Waals surface area contributed by atoms with E-state index in [2.05, 4.69) is 13.2 Å². The number of aliphatic hydroxyl groups excluding tert-OH is 1. The second-order valence-corrected chi connectivity index (χ2v) is 6.28. The Kier molecular flexibility index (Phi) is 11.5. The number of nitrogens with two attached hydrogens (primary N) is 1. The van der Waals surface area contributed by atoms with Crippen LogP contribution in [0.3, 0.4) is 0 Å². The summed E-state index contributed by atoms with van der Waals surface area (Å²) in [6, 6.07) is 3.55. The predicted octanol–water partition coefficient (Wildman–Crippen LogP) is 3.36. The monoisotopic (exact) mass is 394 g/mol. The molecule has 2 amide bonds. The molecular weight excluding hydrogens is 372 g/mol. The van der Waals surface area contributed by atoms with Gasteiger partial charge in [-0.25, -0.2) is 0 Å². The molecule has 0 bridgehead atoms. The van der Waals surface area contributed by atoms with Gasteiger partial charge in [-0.05, 0) is 31.2 Å². The number of carbonyl (C=O) groups is 2. The van der Waals surface area contributed by atoms with Crippen molar-refractivity contribution in [1.29, 1.82) is 0 Å². The van der Waals surface area contributed by atoms with Crippen LogP contribution in [0.5, 0.6) is 0 Å². The first-order valence-electron chi connectivity index (χ1n) is 7.31. The third-order valence-corrected chi connectivity index (χ3v) is 3.59. The van der Waals surface area contributed by atoms with Crippen molar-refractivity contribution in [2.45, 2.75) is 6.92 Å². The molecule has 0 aliphatic carbocycles. The van der Waals surface area contributed by atoms with Crippen LogP contribution in [0.1, 0.15) is 11.5 Å². The third kappa shape index (κ3) is 9.65. The number of rotatable bonds is 8. The maximum absolute atomic E-state index is 12.1. The van der Waals surface area contributed by atoms with Gasteiger partial charge in [0.05, 0.1) is 11.4 Å². The van der Waals surface area contributed by atoms with Gasteiger partial charge >= 0.3 is 0 Å². The van der Waals surface area contributed by atoms with E-state index in [1.165, 1.54) is 34.9 Å². The Balaban J connectivity index is 0.000000758. The molecule has 0 aliphatic heterocycles. The van der Waals surface area contributed by atoms with Gasteiger partial charge in [-0.15, -0.1) is 0 Å². The molecule has 0 radical (unpaired) electrons. The van der Waals surface area contributed by atoms with E-state index >= 15 is 0 Å². The van der Waals surface area contributed by atoms with E-state index in [0.29, 0.717) is 10.7 Å². The minimum atomic E-state index is -0.573. The maximum Gasteiger partial charge on any atom is 0.260 e. The van der Waals surface area contributed by atoms with Crippen LogP contribution in [0, 0.1) is 6.92 Å². The molecular formula is C18H22N2O4S2. The molecule has 0 saturated carbocycles. The molecule has 1 aromatic heterocycles. The van der Waals surface area contributed by atoms with Crippen LogP contribution in [0.15, 0.2) is 58.6 Å². The quantitative estimate of drug-likeness (QED) is 0.304. The van der Waals surface area contributed by atoms with Gasteiger partial charge in [0.25, 0.3) is 5.91 Å². The normalized spacial score (nSPS) is 11.0. The van der Waals surface area contributed by atoms with Crippen molar-refractivity contribution in [2.75, 3.05) is 13.6 Å². The second-order valence-electron chi connectivity index (χ2n) is 4.83. The highest BCUT2D eigenvalue weighted by Gasteiger charge is 2.17. The largest absolute Gasteiger partial charge is 0.508 e. The summed E-state index contributed by atoms with van der Waals surface area (Å²) < 4.78 is 6.74. The second kappa shape index (κ2) is 12.7. The van der Waals surface area contributed by atoms with Gasteiger partial charge in [-0.2, -0.15) is 0 Å². The topological polar surface area (TPSA) is 96.8 Å². The van der Waals surface area contributed by atoms with Crippen LogP contribution in [0.4, 0.5) is 0 Å². The lowest BCUT2D eigenvalue weighted by molar-refractivity contribution is -0.130. The first-order valence-corrected chi connectivity index (χ1v) is 8.66. The molecule has 26 heavy (non-hydrogen) atoms. The van der Waals surface area contributed by atoms with Crippen molar-refractivity contribution in [3.63, 3.8) is 0 Å². The van der Waals surface area contributed by atoms with E-state index in [0.717, 1.165) is 17.5 Å². The molecule has 0 aromatic carbocycles. The zero-order chi connectivity index (χ0) is 20.1. The average Bonchev–Trinajstić information content (AvgIpc) is 2.99. The van der Waals surface area contributed by atoms with Crippen molar-refractivity contribution in [3.05, 3.63) is 65.7 Å². The zero-order valence-electron chi connectivity index (χ0n) is 14.7. The summed E-state index contributed by atoms with van der Waals surface area (Å²) in [5, 5.41) is 8.53. The van der Waals surface area contributed by atoms with E-state index in [1.54, 1.807) is 18.2 Å². The Morgan fingerprint density at radius 2 is 2.08 bits per heavy atom. The first-order chi connectivity index (χ1) is 12.2. The fourth-order valence-electron chi connectivity index (χ4n) is 1.54. The molecule has 0 aliphatic rings. The van der Waals surface area contributed by atoms with Crippen LogP contribution >= 0.6 is 24.0 Å². The molecule has 6 nitrogen and oxygen atoms in total. The number of aryl methyl sites for hydroxylation is 1. The van der Waals surface area contributed by atoms with Gasteiger partial charge < -0.3 is 20.2 Å². The molecule has 0 unspecified atom stereocenters. The molecule has 1 heterocycles. The molecule has 0 atom stereocenters. The molecule has 3 N–H and O–H groups in total. The lowest BCUT2D eigenvalue weighted by Crippen LogP contribution is -2.35. The Morgan fingerprint density at radius 1 is 1.42 bits per heavy atom. The number of allylic oxidation sites excluding steroid dienone is 3. The number of thioether (sulfide) groups is 1. The number of hydrogen-bond acceptors (Lipinski definition) is 6. The molecule has 0 saturated heterocycles. The number of hydrogen-bond donors (Lipinski definition) is 2. The summed E-state index contributed by atoms with van der Waals surface area (Å²) in [5.41, 5.74) is 5.06. The molecule has 8 heteroatoms. The SMILES string of the molecule is C=C/C=C(/O)C=C.Cc1ccc(/C=C(/SC=S)C(=O)N(C)CC(N)=O)o1.